The van der Waals surface area contributed by atoms with Crippen LogP contribution in [0.2, 0.25) is 0 Å². The fourth-order valence-corrected chi connectivity index (χ4v) is 2.57. The average Bonchev–Trinajstić information content (AvgIpc) is 2.95. The van der Waals surface area contributed by atoms with Crippen LogP contribution in [0.25, 0.3) is 22.7 Å². The van der Waals surface area contributed by atoms with E-state index >= 15 is 0 Å². The molecular weight excluding hydrogens is 288 g/mol. The lowest BCUT2D eigenvalue weighted by molar-refractivity contribution is -0.138. The van der Waals surface area contributed by atoms with E-state index in [-0.39, 0.29) is 5.97 Å². The van der Waals surface area contributed by atoms with Crippen molar-refractivity contribution in [2.45, 2.75) is 13.8 Å². The molecule has 0 fully saturated rings. The molecule has 0 saturated heterocycles. The zero-order chi connectivity index (χ0) is 16.2. The smallest absolute Gasteiger partial charge is 0.333 e. The van der Waals surface area contributed by atoms with E-state index in [1.165, 1.54) is 0 Å². The van der Waals surface area contributed by atoms with Gasteiger partial charge < -0.3 is 9.30 Å². The molecule has 2 heterocycles. The molecule has 3 rings (SSSR count). The van der Waals surface area contributed by atoms with E-state index in [1.807, 2.05) is 48.8 Å². The molecule has 3 aromatic rings. The van der Waals surface area contributed by atoms with E-state index in [0.29, 0.717) is 12.2 Å². The van der Waals surface area contributed by atoms with Crippen molar-refractivity contribution >= 4 is 22.9 Å². The van der Waals surface area contributed by atoms with Crippen LogP contribution in [0, 0.1) is 0 Å². The number of nitrogens with zero attached hydrogens (tertiary/aromatic N) is 2. The van der Waals surface area contributed by atoms with Crippen LogP contribution < -0.4 is 0 Å². The van der Waals surface area contributed by atoms with Gasteiger partial charge in [0.1, 0.15) is 0 Å². The Hall–Kier alpha value is -2.88. The molecule has 0 amide bonds. The number of aromatic nitrogens is 2. The molecule has 0 radical (unpaired) electrons. The standard InChI is InChI=1S/C19H18N2O2/c1-3-23-19(22)14(2)11-15-13-21(16-7-6-10-20-12-16)18-9-5-4-8-17(15)18/h4-13H,3H2,1-2H3/b14-11+. The third-order valence-electron chi connectivity index (χ3n) is 3.64. The molecule has 1 aromatic carbocycles. The SMILES string of the molecule is CCOC(=O)/C(C)=C/c1cn(-c2cccnc2)c2ccccc12. The van der Waals surface area contributed by atoms with E-state index < -0.39 is 0 Å². The second-order valence-corrected chi connectivity index (χ2v) is 5.23. The number of para-hydroxylation sites is 1. The van der Waals surface area contributed by atoms with Gasteiger partial charge in [0, 0.05) is 28.9 Å². The molecular formula is C19H18N2O2. The monoisotopic (exact) mass is 306 g/mol. The van der Waals surface area contributed by atoms with Crippen molar-refractivity contribution in [3.05, 3.63) is 66.1 Å². The van der Waals surface area contributed by atoms with Gasteiger partial charge in [-0.2, -0.15) is 0 Å². The molecule has 4 heteroatoms. The zero-order valence-corrected chi connectivity index (χ0v) is 13.2. The first kappa shape index (κ1) is 15.0. The summed E-state index contributed by atoms with van der Waals surface area (Å²) in [5.41, 5.74) is 3.62. The third-order valence-corrected chi connectivity index (χ3v) is 3.64. The van der Waals surface area contributed by atoms with Gasteiger partial charge in [-0.05, 0) is 38.1 Å². The van der Waals surface area contributed by atoms with Crippen LogP contribution in [0.5, 0.6) is 0 Å². The summed E-state index contributed by atoms with van der Waals surface area (Å²) in [5, 5.41) is 1.08. The third kappa shape index (κ3) is 3.01. The summed E-state index contributed by atoms with van der Waals surface area (Å²) in [6.45, 7) is 3.95. The Morgan fingerprint density at radius 1 is 1.26 bits per heavy atom. The molecule has 0 spiro atoms. The maximum absolute atomic E-state index is 11.9. The Morgan fingerprint density at radius 2 is 2.09 bits per heavy atom. The Morgan fingerprint density at radius 3 is 2.83 bits per heavy atom. The highest BCUT2D eigenvalue weighted by atomic mass is 16.5. The summed E-state index contributed by atoms with van der Waals surface area (Å²) in [4.78, 5) is 16.0. The van der Waals surface area contributed by atoms with Gasteiger partial charge in [0.15, 0.2) is 0 Å². The van der Waals surface area contributed by atoms with E-state index in [2.05, 4.69) is 15.6 Å². The zero-order valence-electron chi connectivity index (χ0n) is 13.2. The Balaban J connectivity index is 2.12. The molecule has 4 nitrogen and oxygen atoms in total. The second kappa shape index (κ2) is 6.48. The number of pyridine rings is 1. The van der Waals surface area contributed by atoms with Crippen molar-refractivity contribution < 1.29 is 9.53 Å². The van der Waals surface area contributed by atoms with Gasteiger partial charge in [-0.15, -0.1) is 0 Å². The lowest BCUT2D eigenvalue weighted by Crippen LogP contribution is -2.04. The van der Waals surface area contributed by atoms with Crippen molar-refractivity contribution in [3.8, 4) is 5.69 Å². The van der Waals surface area contributed by atoms with Crippen molar-refractivity contribution in [2.24, 2.45) is 0 Å². The summed E-state index contributed by atoms with van der Waals surface area (Å²) < 4.78 is 7.13. The molecule has 0 aliphatic rings. The molecule has 116 valence electrons. The number of hydrogen-bond donors (Lipinski definition) is 0. The maximum Gasteiger partial charge on any atom is 0.333 e. The number of carbonyl (C=O) groups is 1. The van der Waals surface area contributed by atoms with Crippen LogP contribution in [-0.4, -0.2) is 22.1 Å². The lowest BCUT2D eigenvalue weighted by atomic mass is 10.1. The molecule has 23 heavy (non-hydrogen) atoms. The fraction of sp³-hybridized carbons (Fsp3) is 0.158. The number of ether oxygens (including phenoxy) is 1. The highest BCUT2D eigenvalue weighted by molar-refractivity contribution is 5.98. The fourth-order valence-electron chi connectivity index (χ4n) is 2.57. The quantitative estimate of drug-likeness (QED) is 0.541. The molecule has 0 aliphatic carbocycles. The first-order chi connectivity index (χ1) is 11.2. The largest absolute Gasteiger partial charge is 0.463 e. The first-order valence-corrected chi connectivity index (χ1v) is 7.56. The van der Waals surface area contributed by atoms with Crippen LogP contribution in [0.1, 0.15) is 19.4 Å². The molecule has 0 N–H and O–H groups in total. The maximum atomic E-state index is 11.9. The van der Waals surface area contributed by atoms with Gasteiger partial charge in [-0.25, -0.2) is 4.79 Å². The highest BCUT2D eigenvalue weighted by Crippen LogP contribution is 2.26. The Labute approximate surface area is 135 Å². The van der Waals surface area contributed by atoms with E-state index in [4.69, 9.17) is 4.74 Å². The molecule has 0 bridgehead atoms. The number of esters is 1. The average molecular weight is 306 g/mol. The Bertz CT molecular complexity index is 863. The van der Waals surface area contributed by atoms with Crippen molar-refractivity contribution in [2.75, 3.05) is 6.61 Å². The molecule has 0 aliphatic heterocycles. The summed E-state index contributed by atoms with van der Waals surface area (Å²) in [6.07, 6.45) is 7.46. The summed E-state index contributed by atoms with van der Waals surface area (Å²) in [7, 11) is 0. The second-order valence-electron chi connectivity index (χ2n) is 5.23. The Kier molecular flexibility index (Phi) is 4.24. The summed E-state index contributed by atoms with van der Waals surface area (Å²) >= 11 is 0. The van der Waals surface area contributed by atoms with Gasteiger partial charge >= 0.3 is 5.97 Å². The van der Waals surface area contributed by atoms with Crippen LogP contribution in [0.4, 0.5) is 0 Å². The lowest BCUT2D eigenvalue weighted by Gasteiger charge is -2.03. The first-order valence-electron chi connectivity index (χ1n) is 7.56. The summed E-state index contributed by atoms with van der Waals surface area (Å²) in [6, 6.07) is 12.0. The number of hydrogen-bond acceptors (Lipinski definition) is 3. The van der Waals surface area contributed by atoms with Gasteiger partial charge in [0.2, 0.25) is 0 Å². The van der Waals surface area contributed by atoms with Gasteiger partial charge in [0.05, 0.1) is 24.0 Å². The minimum atomic E-state index is -0.286. The van der Waals surface area contributed by atoms with Crippen molar-refractivity contribution in [3.63, 3.8) is 0 Å². The van der Waals surface area contributed by atoms with E-state index in [1.54, 1.807) is 20.0 Å². The highest BCUT2D eigenvalue weighted by Gasteiger charge is 2.10. The minimum absolute atomic E-state index is 0.286. The number of carbonyl (C=O) groups excluding carboxylic acids is 1. The van der Waals surface area contributed by atoms with E-state index in [9.17, 15) is 4.79 Å². The van der Waals surface area contributed by atoms with Crippen molar-refractivity contribution in [1.82, 2.24) is 9.55 Å². The normalized spacial score (nSPS) is 11.7. The van der Waals surface area contributed by atoms with Crippen LogP contribution in [0.3, 0.4) is 0 Å². The van der Waals surface area contributed by atoms with Crippen LogP contribution in [0.15, 0.2) is 60.6 Å². The van der Waals surface area contributed by atoms with Gasteiger partial charge in [-0.1, -0.05) is 18.2 Å². The number of rotatable bonds is 4. The van der Waals surface area contributed by atoms with E-state index in [0.717, 1.165) is 22.2 Å². The van der Waals surface area contributed by atoms with Crippen LogP contribution >= 0.6 is 0 Å². The molecule has 0 unspecified atom stereocenters. The number of benzene rings is 1. The van der Waals surface area contributed by atoms with Crippen LogP contribution in [-0.2, 0) is 9.53 Å². The van der Waals surface area contributed by atoms with Crippen molar-refractivity contribution in [1.29, 1.82) is 0 Å². The molecule has 0 saturated carbocycles. The molecule has 2 aromatic heterocycles. The molecule has 0 atom stereocenters. The predicted octanol–water partition coefficient (Wildman–Crippen LogP) is 3.99. The minimum Gasteiger partial charge on any atom is -0.463 e. The van der Waals surface area contributed by atoms with Gasteiger partial charge in [0.25, 0.3) is 0 Å². The van der Waals surface area contributed by atoms with Gasteiger partial charge in [-0.3, -0.25) is 4.98 Å². The summed E-state index contributed by atoms with van der Waals surface area (Å²) in [5.74, 6) is -0.286. The number of fused-ring (bicyclic) bond motifs is 1. The topological polar surface area (TPSA) is 44.1 Å². The predicted molar refractivity (Wildman–Crippen MR) is 91.4 cm³/mol.